The van der Waals surface area contributed by atoms with E-state index in [-0.39, 0.29) is 11.9 Å². The lowest BCUT2D eigenvalue weighted by molar-refractivity contribution is -0.145. The zero-order valence-corrected chi connectivity index (χ0v) is 10.8. The lowest BCUT2D eigenvalue weighted by Gasteiger charge is -2.13. The predicted molar refractivity (Wildman–Crippen MR) is 66.4 cm³/mol. The fraction of sp³-hybridized carbons (Fsp3) is 0.917. The smallest absolute Gasteiger partial charge is 0.309 e. The monoisotopic (exact) mass is 230 g/mol. The van der Waals surface area contributed by atoms with E-state index in [1.165, 1.54) is 20.0 Å². The molecular formula is C12H26N2O2. The average Bonchev–Trinajstić information content (AvgIpc) is 2.32. The molecule has 0 aromatic carbocycles. The summed E-state index contributed by atoms with van der Waals surface area (Å²) in [4.78, 5) is 11.3. The molecule has 4 nitrogen and oxygen atoms in total. The summed E-state index contributed by atoms with van der Waals surface area (Å²) in [5, 5.41) is 6.61. The first-order valence-corrected chi connectivity index (χ1v) is 6.25. The van der Waals surface area contributed by atoms with Crippen LogP contribution in [0.2, 0.25) is 0 Å². The lowest BCUT2D eigenvalue weighted by atomic mass is 10.1. The lowest BCUT2D eigenvalue weighted by Crippen LogP contribution is -2.34. The van der Waals surface area contributed by atoms with E-state index in [1.807, 2.05) is 6.92 Å². The third kappa shape index (κ3) is 7.65. The SMILES string of the molecule is CCCCNCCNCC(CC)C(=O)OC. The molecule has 1 unspecified atom stereocenters. The summed E-state index contributed by atoms with van der Waals surface area (Å²) in [5.41, 5.74) is 0. The number of esters is 1. The third-order valence-corrected chi connectivity index (χ3v) is 2.60. The molecule has 4 heteroatoms. The Labute approximate surface area is 99.1 Å². The summed E-state index contributed by atoms with van der Waals surface area (Å²) in [6.45, 7) is 7.82. The van der Waals surface area contributed by atoms with Gasteiger partial charge in [0, 0.05) is 19.6 Å². The van der Waals surface area contributed by atoms with Gasteiger partial charge in [0.1, 0.15) is 0 Å². The van der Waals surface area contributed by atoms with E-state index in [2.05, 4.69) is 17.6 Å². The van der Waals surface area contributed by atoms with Gasteiger partial charge in [0.15, 0.2) is 0 Å². The van der Waals surface area contributed by atoms with E-state index in [1.54, 1.807) is 0 Å². The predicted octanol–water partition coefficient (Wildman–Crippen LogP) is 1.16. The standard InChI is InChI=1S/C12H26N2O2/c1-4-6-7-13-8-9-14-10-11(5-2)12(15)16-3/h11,13-14H,4-10H2,1-3H3. The summed E-state index contributed by atoms with van der Waals surface area (Å²) in [7, 11) is 1.44. The van der Waals surface area contributed by atoms with E-state index in [9.17, 15) is 4.79 Å². The van der Waals surface area contributed by atoms with Crippen LogP contribution in [-0.4, -0.2) is 39.3 Å². The number of carbonyl (C=O) groups excluding carboxylic acids is 1. The second-order valence-corrected chi connectivity index (χ2v) is 3.94. The fourth-order valence-electron chi connectivity index (χ4n) is 1.44. The molecule has 1 atom stereocenters. The van der Waals surface area contributed by atoms with Gasteiger partial charge in [-0.15, -0.1) is 0 Å². The minimum absolute atomic E-state index is 0.0133. The van der Waals surface area contributed by atoms with Crippen LogP contribution in [0.3, 0.4) is 0 Å². The maximum absolute atomic E-state index is 11.3. The molecule has 16 heavy (non-hydrogen) atoms. The van der Waals surface area contributed by atoms with Crippen molar-refractivity contribution in [3.8, 4) is 0 Å². The van der Waals surface area contributed by atoms with Gasteiger partial charge in [0.2, 0.25) is 0 Å². The van der Waals surface area contributed by atoms with Crippen LogP contribution in [0.25, 0.3) is 0 Å². The Morgan fingerprint density at radius 3 is 2.44 bits per heavy atom. The van der Waals surface area contributed by atoms with Gasteiger partial charge in [-0.2, -0.15) is 0 Å². The van der Waals surface area contributed by atoms with Gasteiger partial charge < -0.3 is 15.4 Å². The van der Waals surface area contributed by atoms with Crippen molar-refractivity contribution in [3.05, 3.63) is 0 Å². The first kappa shape index (κ1) is 15.4. The molecule has 0 aromatic heterocycles. The van der Waals surface area contributed by atoms with Gasteiger partial charge in [-0.25, -0.2) is 0 Å². The molecule has 0 aromatic rings. The molecule has 0 spiro atoms. The van der Waals surface area contributed by atoms with E-state index in [0.717, 1.165) is 26.1 Å². The van der Waals surface area contributed by atoms with Crippen molar-refractivity contribution in [1.29, 1.82) is 0 Å². The molecule has 0 saturated carbocycles. The highest BCUT2D eigenvalue weighted by molar-refractivity contribution is 5.72. The first-order valence-electron chi connectivity index (χ1n) is 6.25. The molecule has 0 aliphatic rings. The highest BCUT2D eigenvalue weighted by atomic mass is 16.5. The molecule has 0 saturated heterocycles. The van der Waals surface area contributed by atoms with Crippen LogP contribution in [0, 0.1) is 5.92 Å². The highest BCUT2D eigenvalue weighted by Crippen LogP contribution is 2.02. The zero-order chi connectivity index (χ0) is 12.2. The normalized spacial score (nSPS) is 12.4. The van der Waals surface area contributed by atoms with Crippen molar-refractivity contribution in [2.45, 2.75) is 33.1 Å². The maximum atomic E-state index is 11.3. The summed E-state index contributed by atoms with van der Waals surface area (Å²) < 4.78 is 4.72. The molecule has 0 aliphatic carbocycles. The van der Waals surface area contributed by atoms with E-state index in [0.29, 0.717) is 6.54 Å². The van der Waals surface area contributed by atoms with Crippen LogP contribution >= 0.6 is 0 Å². The first-order chi connectivity index (χ1) is 7.76. The third-order valence-electron chi connectivity index (χ3n) is 2.60. The Hall–Kier alpha value is -0.610. The molecule has 0 heterocycles. The maximum Gasteiger partial charge on any atom is 0.309 e. The number of nitrogens with one attached hydrogen (secondary N) is 2. The van der Waals surface area contributed by atoms with Crippen LogP contribution in [0.1, 0.15) is 33.1 Å². The van der Waals surface area contributed by atoms with Gasteiger partial charge in [0.05, 0.1) is 13.0 Å². The Morgan fingerprint density at radius 1 is 1.19 bits per heavy atom. The number of hydrogen-bond acceptors (Lipinski definition) is 4. The summed E-state index contributed by atoms with van der Waals surface area (Å²) in [6.07, 6.45) is 3.27. The minimum atomic E-state index is -0.117. The number of hydrogen-bond donors (Lipinski definition) is 2. The molecule has 0 amide bonds. The second kappa shape index (κ2) is 10.9. The van der Waals surface area contributed by atoms with Gasteiger partial charge in [-0.1, -0.05) is 20.3 Å². The van der Waals surface area contributed by atoms with E-state index < -0.39 is 0 Å². The number of carbonyl (C=O) groups is 1. The molecule has 0 radical (unpaired) electrons. The van der Waals surface area contributed by atoms with Crippen molar-refractivity contribution in [1.82, 2.24) is 10.6 Å². The van der Waals surface area contributed by atoms with Crippen LogP contribution in [0.5, 0.6) is 0 Å². The van der Waals surface area contributed by atoms with Gasteiger partial charge in [0.25, 0.3) is 0 Å². The quantitative estimate of drug-likeness (QED) is 0.437. The van der Waals surface area contributed by atoms with Crippen molar-refractivity contribution in [3.63, 3.8) is 0 Å². The Kier molecular flexibility index (Phi) is 10.5. The number of unbranched alkanes of at least 4 members (excludes halogenated alkanes) is 1. The fourth-order valence-corrected chi connectivity index (χ4v) is 1.44. The van der Waals surface area contributed by atoms with E-state index in [4.69, 9.17) is 4.74 Å². The van der Waals surface area contributed by atoms with Crippen molar-refractivity contribution >= 4 is 5.97 Å². The molecule has 96 valence electrons. The molecule has 0 rings (SSSR count). The zero-order valence-electron chi connectivity index (χ0n) is 10.8. The summed E-state index contributed by atoms with van der Waals surface area (Å²) in [5.74, 6) is -0.130. The molecule has 0 fully saturated rings. The Bertz CT molecular complexity index is 174. The highest BCUT2D eigenvalue weighted by Gasteiger charge is 2.15. The Balaban J connectivity index is 3.38. The molecule has 0 aliphatic heterocycles. The van der Waals surface area contributed by atoms with E-state index >= 15 is 0 Å². The van der Waals surface area contributed by atoms with Gasteiger partial charge in [-0.05, 0) is 19.4 Å². The average molecular weight is 230 g/mol. The molecular weight excluding hydrogens is 204 g/mol. The Morgan fingerprint density at radius 2 is 1.88 bits per heavy atom. The van der Waals surface area contributed by atoms with Gasteiger partial charge in [-0.3, -0.25) is 4.79 Å². The van der Waals surface area contributed by atoms with Crippen LogP contribution < -0.4 is 10.6 Å². The van der Waals surface area contributed by atoms with Crippen molar-refractivity contribution in [2.75, 3.05) is 33.3 Å². The molecule has 2 N–H and O–H groups in total. The summed E-state index contributed by atoms with van der Waals surface area (Å²) in [6, 6.07) is 0. The largest absolute Gasteiger partial charge is 0.469 e. The van der Waals surface area contributed by atoms with Crippen molar-refractivity contribution in [2.24, 2.45) is 5.92 Å². The van der Waals surface area contributed by atoms with Gasteiger partial charge >= 0.3 is 5.97 Å². The number of ether oxygens (including phenoxy) is 1. The molecule has 0 bridgehead atoms. The van der Waals surface area contributed by atoms with Crippen molar-refractivity contribution < 1.29 is 9.53 Å². The topological polar surface area (TPSA) is 50.4 Å². The second-order valence-electron chi connectivity index (χ2n) is 3.94. The van der Waals surface area contributed by atoms with Crippen LogP contribution in [0.4, 0.5) is 0 Å². The minimum Gasteiger partial charge on any atom is -0.469 e. The summed E-state index contributed by atoms with van der Waals surface area (Å²) >= 11 is 0. The van der Waals surface area contributed by atoms with Crippen LogP contribution in [0.15, 0.2) is 0 Å². The number of rotatable bonds is 10. The number of methoxy groups -OCH3 is 1. The van der Waals surface area contributed by atoms with Crippen LogP contribution in [-0.2, 0) is 9.53 Å².